The SMILES string of the molecule is CC(Oc1cc(-c2nccs2)cnc1N)c1c(Cl)ccc(F)c1Cl.Cc1cnc(N)c(OC(C)c2c(Cl)ccc(F)c2Cl)c1.[Zn+][Br].[c-]1nccs1. The van der Waals surface area contributed by atoms with E-state index in [0.29, 0.717) is 32.7 Å². The molecule has 2 atom stereocenters. The van der Waals surface area contributed by atoms with E-state index >= 15 is 0 Å². The van der Waals surface area contributed by atoms with Crippen molar-refractivity contribution in [3.8, 4) is 22.1 Å². The molecular weight excluding hydrogens is 902 g/mol. The number of aryl methyl sites for hydroxylation is 1. The molecule has 0 aliphatic rings. The van der Waals surface area contributed by atoms with Crippen LogP contribution in [0.25, 0.3) is 10.6 Å². The summed E-state index contributed by atoms with van der Waals surface area (Å²) in [5.41, 5.74) is 16.7. The Balaban J connectivity index is 0.000000234. The molecule has 4 heterocycles. The van der Waals surface area contributed by atoms with Gasteiger partial charge in [-0.3, -0.25) is 11.3 Å². The zero-order valence-corrected chi connectivity index (χ0v) is 36.2. The maximum atomic E-state index is 13.7. The number of ether oxygens (including phenoxy) is 2. The first-order valence-corrected chi connectivity index (χ1v) is 24.6. The van der Waals surface area contributed by atoms with Crippen LogP contribution in [0.15, 0.2) is 71.9 Å². The van der Waals surface area contributed by atoms with Crippen LogP contribution in [-0.2, 0) is 16.3 Å². The molecule has 0 aliphatic carbocycles. The van der Waals surface area contributed by atoms with E-state index in [1.54, 1.807) is 50.8 Å². The van der Waals surface area contributed by atoms with Crippen molar-refractivity contribution in [2.45, 2.75) is 33.0 Å². The van der Waals surface area contributed by atoms with E-state index in [4.69, 9.17) is 67.3 Å². The maximum Gasteiger partial charge on any atom is -0.0221 e. The van der Waals surface area contributed by atoms with Gasteiger partial charge in [0, 0.05) is 50.7 Å². The predicted molar refractivity (Wildman–Crippen MR) is 204 cm³/mol. The molecule has 2 unspecified atom stereocenters. The summed E-state index contributed by atoms with van der Waals surface area (Å²) in [5, 5.41) is 5.06. The third-order valence-electron chi connectivity index (χ3n) is 6.47. The largest absolute Gasteiger partial charge is 0.394 e. The fourth-order valence-electron chi connectivity index (χ4n) is 4.16. The third-order valence-corrected chi connectivity index (χ3v) is 9.19. The van der Waals surface area contributed by atoms with Crippen LogP contribution >= 0.6 is 82.7 Å². The normalized spacial score (nSPS) is 11.5. The molecular formula is C33H27BrCl4F2N6O2S2Zn. The zero-order valence-electron chi connectivity index (χ0n) is 27.0. The molecule has 51 heavy (non-hydrogen) atoms. The Morgan fingerprint density at radius 2 is 1.31 bits per heavy atom. The number of halogens is 7. The monoisotopic (exact) mass is 924 g/mol. The van der Waals surface area contributed by atoms with Gasteiger partial charge in [0.2, 0.25) is 0 Å². The Hall–Kier alpha value is -2.68. The summed E-state index contributed by atoms with van der Waals surface area (Å²) in [6.07, 6.45) is 5.49. The second kappa shape index (κ2) is 21.1. The Bertz CT molecular complexity index is 1990. The molecule has 0 saturated heterocycles. The van der Waals surface area contributed by atoms with Crippen LogP contribution in [0.5, 0.6) is 11.5 Å². The van der Waals surface area contributed by atoms with E-state index in [1.807, 2.05) is 17.7 Å². The van der Waals surface area contributed by atoms with Gasteiger partial charge in [-0.15, -0.1) is 22.9 Å². The fourth-order valence-corrected chi connectivity index (χ4v) is 6.44. The van der Waals surface area contributed by atoms with Crippen LogP contribution < -0.4 is 20.9 Å². The number of nitrogen functional groups attached to an aromatic ring is 2. The van der Waals surface area contributed by atoms with E-state index in [9.17, 15) is 8.78 Å². The Morgan fingerprint density at radius 3 is 1.76 bits per heavy atom. The van der Waals surface area contributed by atoms with E-state index in [1.165, 1.54) is 63.3 Å². The van der Waals surface area contributed by atoms with E-state index < -0.39 is 23.8 Å². The van der Waals surface area contributed by atoms with Crippen molar-refractivity contribution in [2.24, 2.45) is 0 Å². The number of benzene rings is 2. The van der Waals surface area contributed by atoms with E-state index in [-0.39, 0.29) is 21.7 Å². The summed E-state index contributed by atoms with van der Waals surface area (Å²) in [4.78, 5) is 16.0. The van der Waals surface area contributed by atoms with Gasteiger partial charge in [0.15, 0.2) is 23.1 Å². The Labute approximate surface area is 338 Å². The van der Waals surface area contributed by atoms with Gasteiger partial charge in [0.05, 0.1) is 10.0 Å². The zero-order chi connectivity index (χ0) is 37.7. The van der Waals surface area contributed by atoms with Crippen LogP contribution in [-0.4, -0.2) is 19.9 Å². The van der Waals surface area contributed by atoms with Gasteiger partial charge < -0.3 is 25.9 Å². The molecule has 0 saturated carbocycles. The number of nitrogens with zero attached hydrogens (tertiary/aromatic N) is 4. The number of rotatable bonds is 7. The van der Waals surface area contributed by atoms with Gasteiger partial charge in [0.1, 0.15) is 28.8 Å². The standard InChI is InChI=1S/C16H12Cl2FN3OS.C14H13Cl2FN2O.C3H2NS.BrH.Zn/c1-8(13-10(17)2-3-11(19)14(13)18)23-12-6-9(7-22-15(12)20)16-21-4-5-24-16;1-7-5-11(14(18)19-6-7)20-8(2)12-9(15)3-4-10(17)13(12)16;1-2-5-3-4-1;;/h2-8H,1H3,(H2,20,22);3-6,8H,1-2H3,(H2,18,19);1-2H;1H;/q;;-1;;+2/p-1. The second-order valence-corrected chi connectivity index (χ2v) is 13.2. The van der Waals surface area contributed by atoms with E-state index in [2.05, 4.69) is 39.1 Å². The van der Waals surface area contributed by atoms with Crippen LogP contribution in [0.2, 0.25) is 20.1 Å². The molecule has 4 aromatic heterocycles. The van der Waals surface area contributed by atoms with Crippen molar-refractivity contribution in [1.82, 2.24) is 19.9 Å². The Kier molecular flexibility index (Phi) is 17.7. The smallest absolute Gasteiger partial charge is 0.0221 e. The van der Waals surface area contributed by atoms with Crippen LogP contribution in [0.4, 0.5) is 20.4 Å². The minimum atomic E-state index is -0.614. The molecule has 0 fully saturated rings. The van der Waals surface area contributed by atoms with Crippen LogP contribution in [0, 0.1) is 24.1 Å². The number of hydrogen-bond donors (Lipinski definition) is 2. The summed E-state index contributed by atoms with van der Waals surface area (Å²) in [6.45, 7) is 5.29. The molecule has 8 nitrogen and oxygen atoms in total. The second-order valence-electron chi connectivity index (χ2n) is 10.00. The fraction of sp³-hybridized carbons (Fsp3) is 0.152. The average molecular weight is 929 g/mol. The van der Waals surface area contributed by atoms with E-state index in [0.717, 1.165) is 16.1 Å². The third kappa shape index (κ3) is 12.2. The predicted octanol–water partition coefficient (Wildman–Crippen LogP) is 11.7. The number of nitrogens with two attached hydrogens (primary N) is 2. The van der Waals surface area contributed by atoms with Crippen molar-refractivity contribution < 1.29 is 34.6 Å². The number of anilines is 2. The molecule has 0 spiro atoms. The summed E-state index contributed by atoms with van der Waals surface area (Å²) in [6, 6.07) is 8.78. The first-order chi connectivity index (χ1) is 24.4. The Morgan fingerprint density at radius 1 is 0.784 bits per heavy atom. The molecule has 0 bridgehead atoms. The molecule has 0 aliphatic heterocycles. The number of hydrogen-bond acceptors (Lipinski definition) is 10. The molecule has 2 aromatic carbocycles. The quantitative estimate of drug-likeness (QED) is 0.0922. The van der Waals surface area contributed by atoms with Crippen molar-refractivity contribution >= 4 is 94.3 Å². The van der Waals surface area contributed by atoms with Gasteiger partial charge >= 0.3 is 30.0 Å². The van der Waals surface area contributed by atoms with Crippen LogP contribution in [0.3, 0.4) is 0 Å². The van der Waals surface area contributed by atoms with Gasteiger partial charge in [-0.05, 0) is 68.2 Å². The number of pyridine rings is 2. The molecule has 0 amide bonds. The minimum Gasteiger partial charge on any atom is -0.394 e. The number of thiazole rings is 2. The summed E-state index contributed by atoms with van der Waals surface area (Å²) < 4.78 is 38.8. The molecule has 18 heteroatoms. The summed E-state index contributed by atoms with van der Waals surface area (Å²) in [7, 11) is 0. The van der Waals surface area contributed by atoms with Crippen molar-refractivity contribution in [1.29, 1.82) is 0 Å². The topological polar surface area (TPSA) is 122 Å². The van der Waals surface area contributed by atoms with Gasteiger partial charge in [-0.25, -0.2) is 23.7 Å². The first-order valence-electron chi connectivity index (χ1n) is 14.4. The average Bonchev–Trinajstić information content (AvgIpc) is 3.87. The van der Waals surface area contributed by atoms with Gasteiger partial charge in [-0.2, -0.15) is 0 Å². The van der Waals surface area contributed by atoms with Crippen LogP contribution in [0.1, 0.15) is 42.7 Å². The van der Waals surface area contributed by atoms with Crippen molar-refractivity contribution in [2.75, 3.05) is 11.5 Å². The van der Waals surface area contributed by atoms with Gasteiger partial charge in [0.25, 0.3) is 0 Å². The van der Waals surface area contributed by atoms with Gasteiger partial charge in [-0.1, -0.05) is 46.4 Å². The minimum absolute atomic E-state index is 0.0517. The van der Waals surface area contributed by atoms with Crippen molar-refractivity contribution in [3.05, 3.63) is 126 Å². The number of aromatic nitrogens is 4. The molecule has 4 N–H and O–H groups in total. The molecule has 6 aromatic rings. The van der Waals surface area contributed by atoms with Crippen molar-refractivity contribution in [3.63, 3.8) is 0 Å². The molecule has 264 valence electrons. The maximum absolute atomic E-state index is 13.7. The molecule has 6 rings (SSSR count). The summed E-state index contributed by atoms with van der Waals surface area (Å²) >= 11 is 31.3. The molecule has 0 radical (unpaired) electrons. The summed E-state index contributed by atoms with van der Waals surface area (Å²) in [5.74, 6) is 0.128. The first kappa shape index (κ1) is 42.7.